The molecule has 0 saturated heterocycles. The first-order valence-electron chi connectivity index (χ1n) is 7.01. The van der Waals surface area contributed by atoms with Crippen molar-refractivity contribution in [2.45, 2.75) is 6.54 Å². The number of aryl methyl sites for hydroxylation is 1. The van der Waals surface area contributed by atoms with Crippen LogP contribution in [0.4, 0.5) is 5.82 Å². The number of nitrogens with zero attached hydrogens (tertiary/aromatic N) is 4. The fourth-order valence-electron chi connectivity index (χ4n) is 2.22. The van der Waals surface area contributed by atoms with Gasteiger partial charge in [-0.25, -0.2) is 0 Å². The summed E-state index contributed by atoms with van der Waals surface area (Å²) in [6, 6.07) is 5.40. The van der Waals surface area contributed by atoms with Crippen molar-refractivity contribution in [2.75, 3.05) is 5.32 Å². The van der Waals surface area contributed by atoms with Gasteiger partial charge in [0.05, 0.1) is 30.8 Å². The number of rotatable bonds is 4. The Morgan fingerprint density at radius 3 is 2.76 bits per heavy atom. The molecule has 0 aliphatic carbocycles. The van der Waals surface area contributed by atoms with Gasteiger partial charge in [-0.3, -0.25) is 14.2 Å². The van der Waals surface area contributed by atoms with E-state index in [0.717, 1.165) is 9.13 Å². The van der Waals surface area contributed by atoms with Crippen LogP contribution in [0.15, 0.2) is 35.1 Å². The molecule has 0 unspecified atom stereocenters. The number of carbonyl (C=O) groups excluding carboxylic acids is 1. The molecular formula is C15H11BrCl2IN5O. The number of benzene rings is 1. The summed E-state index contributed by atoms with van der Waals surface area (Å²) in [6.45, 7) is 0.495. The van der Waals surface area contributed by atoms with Crippen LogP contribution in [0.2, 0.25) is 10.0 Å². The van der Waals surface area contributed by atoms with E-state index in [4.69, 9.17) is 23.2 Å². The van der Waals surface area contributed by atoms with Crippen LogP contribution in [-0.2, 0) is 13.6 Å². The number of halogens is 4. The minimum Gasteiger partial charge on any atom is -0.303 e. The average Bonchev–Trinajstić information content (AvgIpc) is 3.05. The smallest absolute Gasteiger partial charge is 0.276 e. The monoisotopic (exact) mass is 553 g/mol. The number of anilines is 1. The third-order valence-corrected chi connectivity index (χ3v) is 5.50. The SMILES string of the molecule is Cn1ncc(I)c1C(=O)Nc1nn(Cc2ccc(Cl)c(Cl)c2)cc1Br. The quantitative estimate of drug-likeness (QED) is 0.480. The number of hydrogen-bond donors (Lipinski definition) is 1. The van der Waals surface area contributed by atoms with Gasteiger partial charge in [0.15, 0.2) is 5.82 Å². The van der Waals surface area contributed by atoms with E-state index in [0.29, 0.717) is 32.6 Å². The zero-order chi connectivity index (χ0) is 18.1. The molecule has 0 radical (unpaired) electrons. The van der Waals surface area contributed by atoms with E-state index in [1.165, 1.54) is 4.68 Å². The van der Waals surface area contributed by atoms with Crippen LogP contribution in [0.1, 0.15) is 16.1 Å². The molecule has 130 valence electrons. The van der Waals surface area contributed by atoms with Gasteiger partial charge in [-0.2, -0.15) is 10.2 Å². The molecular weight excluding hydrogens is 544 g/mol. The van der Waals surface area contributed by atoms with Crippen molar-refractivity contribution in [3.63, 3.8) is 0 Å². The third-order valence-electron chi connectivity index (χ3n) is 3.39. The molecule has 10 heteroatoms. The molecule has 1 aromatic carbocycles. The molecule has 6 nitrogen and oxygen atoms in total. The molecule has 3 aromatic rings. The van der Waals surface area contributed by atoms with Gasteiger partial charge in [0, 0.05) is 13.2 Å². The summed E-state index contributed by atoms with van der Waals surface area (Å²) in [7, 11) is 1.72. The molecule has 0 saturated carbocycles. The zero-order valence-electron chi connectivity index (χ0n) is 12.8. The van der Waals surface area contributed by atoms with Gasteiger partial charge in [-0.15, -0.1) is 0 Å². The molecule has 1 amide bonds. The molecule has 2 aromatic heterocycles. The highest BCUT2D eigenvalue weighted by atomic mass is 127. The highest BCUT2D eigenvalue weighted by molar-refractivity contribution is 14.1. The lowest BCUT2D eigenvalue weighted by molar-refractivity contribution is 0.101. The molecule has 0 bridgehead atoms. The Labute approximate surface area is 175 Å². The van der Waals surface area contributed by atoms with Gasteiger partial charge >= 0.3 is 0 Å². The highest BCUT2D eigenvalue weighted by Crippen LogP contribution is 2.25. The topological polar surface area (TPSA) is 64.7 Å². The largest absolute Gasteiger partial charge is 0.303 e. The minimum atomic E-state index is -0.273. The zero-order valence-corrected chi connectivity index (χ0v) is 18.1. The molecule has 1 N–H and O–H groups in total. The predicted octanol–water partition coefficient (Wildman–Crippen LogP) is 4.59. The lowest BCUT2D eigenvalue weighted by atomic mass is 10.2. The van der Waals surface area contributed by atoms with E-state index in [1.807, 2.05) is 6.07 Å². The Bertz CT molecular complexity index is 936. The van der Waals surface area contributed by atoms with Gasteiger partial charge < -0.3 is 5.32 Å². The second-order valence-corrected chi connectivity index (χ2v) is 8.02. The Balaban J connectivity index is 1.78. The van der Waals surface area contributed by atoms with Gasteiger partial charge in [0.25, 0.3) is 5.91 Å². The summed E-state index contributed by atoms with van der Waals surface area (Å²) >= 11 is 17.4. The second kappa shape index (κ2) is 7.65. The van der Waals surface area contributed by atoms with Crippen LogP contribution in [0.25, 0.3) is 0 Å². The molecule has 25 heavy (non-hydrogen) atoms. The molecule has 2 heterocycles. The maximum atomic E-state index is 12.4. The van der Waals surface area contributed by atoms with Crippen molar-refractivity contribution >= 4 is 73.4 Å². The van der Waals surface area contributed by atoms with Crippen LogP contribution in [-0.4, -0.2) is 25.5 Å². The minimum absolute atomic E-state index is 0.273. The summed E-state index contributed by atoms with van der Waals surface area (Å²) in [4.78, 5) is 12.4. The standard InChI is InChI=1S/C15H11BrCl2IN5O/c1-23-13(12(19)5-20-23)15(25)21-14-9(16)7-24(22-14)6-8-2-3-10(17)11(18)4-8/h2-5,7H,6H2,1H3,(H,21,22,25). The van der Waals surface area contributed by atoms with E-state index in [-0.39, 0.29) is 5.91 Å². The van der Waals surface area contributed by atoms with Crippen LogP contribution in [0.3, 0.4) is 0 Å². The van der Waals surface area contributed by atoms with Crippen molar-refractivity contribution in [1.82, 2.24) is 19.6 Å². The van der Waals surface area contributed by atoms with E-state index in [1.54, 1.807) is 36.3 Å². The summed E-state index contributed by atoms with van der Waals surface area (Å²) in [5, 5.41) is 12.2. The highest BCUT2D eigenvalue weighted by Gasteiger charge is 2.18. The Kier molecular flexibility index (Phi) is 5.71. The summed E-state index contributed by atoms with van der Waals surface area (Å²) in [5.41, 5.74) is 1.43. The lowest BCUT2D eigenvalue weighted by Crippen LogP contribution is -2.18. The van der Waals surface area contributed by atoms with Crippen molar-refractivity contribution < 1.29 is 4.79 Å². The summed E-state index contributed by atoms with van der Waals surface area (Å²) in [6.07, 6.45) is 3.42. The number of carbonyl (C=O) groups is 1. The first kappa shape index (κ1) is 18.7. The van der Waals surface area contributed by atoms with Crippen LogP contribution < -0.4 is 5.32 Å². The van der Waals surface area contributed by atoms with Crippen molar-refractivity contribution in [3.8, 4) is 0 Å². The molecule has 0 fully saturated rings. The number of aromatic nitrogens is 4. The van der Waals surface area contributed by atoms with E-state index >= 15 is 0 Å². The number of nitrogens with one attached hydrogen (secondary N) is 1. The molecule has 0 spiro atoms. The van der Waals surface area contributed by atoms with E-state index in [2.05, 4.69) is 54.0 Å². The Hall–Kier alpha value is -1.10. The van der Waals surface area contributed by atoms with Gasteiger partial charge in [-0.05, 0) is 56.2 Å². The number of hydrogen-bond acceptors (Lipinski definition) is 3. The Morgan fingerprint density at radius 2 is 2.12 bits per heavy atom. The lowest BCUT2D eigenvalue weighted by Gasteiger charge is -2.05. The van der Waals surface area contributed by atoms with Gasteiger partial charge in [0.1, 0.15) is 5.69 Å². The van der Waals surface area contributed by atoms with Crippen molar-refractivity contribution in [1.29, 1.82) is 0 Å². The van der Waals surface area contributed by atoms with Crippen molar-refractivity contribution in [2.24, 2.45) is 7.05 Å². The fraction of sp³-hybridized carbons (Fsp3) is 0.133. The van der Waals surface area contributed by atoms with E-state index in [9.17, 15) is 4.79 Å². The first-order valence-corrected chi connectivity index (χ1v) is 9.63. The first-order chi connectivity index (χ1) is 11.8. The van der Waals surface area contributed by atoms with Crippen LogP contribution in [0.5, 0.6) is 0 Å². The molecule has 0 atom stereocenters. The maximum absolute atomic E-state index is 12.4. The fourth-order valence-corrected chi connectivity index (χ4v) is 3.67. The normalized spacial score (nSPS) is 10.9. The summed E-state index contributed by atoms with van der Waals surface area (Å²) in [5.74, 6) is 0.159. The number of amides is 1. The van der Waals surface area contributed by atoms with Crippen LogP contribution in [0, 0.1) is 3.57 Å². The maximum Gasteiger partial charge on any atom is 0.276 e. The summed E-state index contributed by atoms with van der Waals surface area (Å²) < 4.78 is 4.67. The molecule has 0 aliphatic rings. The third kappa shape index (κ3) is 4.18. The van der Waals surface area contributed by atoms with Gasteiger partial charge in [0.2, 0.25) is 0 Å². The van der Waals surface area contributed by atoms with Crippen LogP contribution >= 0.6 is 61.7 Å². The van der Waals surface area contributed by atoms with Gasteiger partial charge in [-0.1, -0.05) is 29.3 Å². The Morgan fingerprint density at radius 1 is 1.36 bits per heavy atom. The van der Waals surface area contributed by atoms with Crippen molar-refractivity contribution in [3.05, 3.63) is 59.9 Å². The molecule has 0 aliphatic heterocycles. The second-order valence-electron chi connectivity index (χ2n) is 5.19. The average molecular weight is 555 g/mol. The van der Waals surface area contributed by atoms with E-state index < -0.39 is 0 Å². The molecule has 3 rings (SSSR count). The predicted molar refractivity (Wildman–Crippen MR) is 109 cm³/mol.